The van der Waals surface area contributed by atoms with Gasteiger partial charge in [-0.2, -0.15) is 0 Å². The fourth-order valence-electron chi connectivity index (χ4n) is 5.18. The highest BCUT2D eigenvalue weighted by Crippen LogP contribution is 2.56. The molecule has 3 heteroatoms. The van der Waals surface area contributed by atoms with Crippen molar-refractivity contribution in [3.8, 4) is 5.75 Å². The maximum atomic E-state index is 6.04. The summed E-state index contributed by atoms with van der Waals surface area (Å²) in [6.45, 7) is 0.822. The van der Waals surface area contributed by atoms with Crippen LogP contribution in [-0.4, -0.2) is 6.61 Å². The molecule has 4 fully saturated rings. The van der Waals surface area contributed by atoms with Crippen LogP contribution in [0.1, 0.15) is 32.1 Å². The molecule has 0 radical (unpaired) electrons. The van der Waals surface area contributed by atoms with E-state index in [0.29, 0.717) is 11.4 Å². The van der Waals surface area contributed by atoms with Gasteiger partial charge in [0.15, 0.2) is 0 Å². The minimum Gasteiger partial charge on any atom is -0.491 e. The second-order valence-corrected chi connectivity index (χ2v) is 7.16. The first-order valence-corrected chi connectivity index (χ1v) is 7.97. The highest BCUT2D eigenvalue weighted by atomic mass is 16.5. The van der Waals surface area contributed by atoms with E-state index >= 15 is 0 Å². The van der Waals surface area contributed by atoms with E-state index < -0.39 is 0 Å². The average molecular weight is 272 g/mol. The lowest BCUT2D eigenvalue weighted by Gasteiger charge is -2.54. The van der Waals surface area contributed by atoms with Crippen LogP contribution >= 0.6 is 0 Å². The van der Waals surface area contributed by atoms with Crippen LogP contribution in [-0.2, 0) is 0 Å². The molecule has 5 rings (SSSR count). The van der Waals surface area contributed by atoms with Crippen molar-refractivity contribution in [2.45, 2.75) is 32.1 Å². The third-order valence-electron chi connectivity index (χ3n) is 5.95. The van der Waals surface area contributed by atoms with Crippen molar-refractivity contribution >= 4 is 11.4 Å². The molecule has 1 aromatic carbocycles. The van der Waals surface area contributed by atoms with Crippen LogP contribution in [0.5, 0.6) is 5.75 Å². The third-order valence-corrected chi connectivity index (χ3v) is 5.95. The molecule has 108 valence electrons. The zero-order valence-corrected chi connectivity index (χ0v) is 11.9. The van der Waals surface area contributed by atoms with Gasteiger partial charge in [-0.3, -0.25) is 0 Å². The molecule has 0 amide bonds. The Balaban J connectivity index is 1.46. The lowest BCUT2D eigenvalue weighted by Crippen LogP contribution is -2.47. The molecular formula is C17H24N2O. The molecule has 4 aliphatic rings. The van der Waals surface area contributed by atoms with Gasteiger partial charge in [0.2, 0.25) is 0 Å². The monoisotopic (exact) mass is 272 g/mol. The van der Waals surface area contributed by atoms with Crippen LogP contribution in [0.4, 0.5) is 11.4 Å². The lowest BCUT2D eigenvalue weighted by atomic mass is 9.52. The Labute approximate surface area is 120 Å². The Bertz CT molecular complexity index is 486. The van der Waals surface area contributed by atoms with Crippen LogP contribution in [0.15, 0.2) is 18.2 Å². The van der Waals surface area contributed by atoms with Crippen molar-refractivity contribution in [3.05, 3.63) is 18.2 Å². The molecule has 0 saturated heterocycles. The van der Waals surface area contributed by atoms with E-state index in [1.54, 1.807) is 0 Å². The van der Waals surface area contributed by atoms with Crippen molar-refractivity contribution in [1.29, 1.82) is 0 Å². The van der Waals surface area contributed by atoms with E-state index in [1.807, 2.05) is 18.2 Å². The molecule has 0 unspecified atom stereocenters. The van der Waals surface area contributed by atoms with Gasteiger partial charge >= 0.3 is 0 Å². The van der Waals surface area contributed by atoms with Crippen LogP contribution < -0.4 is 16.2 Å². The third kappa shape index (κ3) is 1.95. The first-order chi connectivity index (χ1) is 9.70. The standard InChI is InChI=1S/C17H24N2O/c18-15-2-1-3-16(17(15)19)20-9-14-12-5-10-4-11(7-12)8-13(14)6-10/h1-3,10-14H,4-9,18-19H2. The maximum absolute atomic E-state index is 6.04. The molecule has 0 atom stereocenters. The normalized spacial score (nSPS) is 38.1. The largest absolute Gasteiger partial charge is 0.491 e. The molecule has 0 aromatic heterocycles. The zero-order valence-electron chi connectivity index (χ0n) is 11.9. The van der Waals surface area contributed by atoms with Gasteiger partial charge in [0.25, 0.3) is 0 Å². The number of rotatable bonds is 3. The fourth-order valence-corrected chi connectivity index (χ4v) is 5.18. The smallest absolute Gasteiger partial charge is 0.144 e. The number of ether oxygens (including phenoxy) is 1. The topological polar surface area (TPSA) is 61.3 Å². The lowest BCUT2D eigenvalue weighted by molar-refractivity contribution is -0.0528. The minimum atomic E-state index is 0.594. The van der Waals surface area contributed by atoms with E-state index in [9.17, 15) is 0 Å². The van der Waals surface area contributed by atoms with E-state index in [2.05, 4.69) is 0 Å². The maximum Gasteiger partial charge on any atom is 0.144 e. The summed E-state index contributed by atoms with van der Waals surface area (Å²) in [5.74, 6) is 5.34. The van der Waals surface area contributed by atoms with E-state index in [0.717, 1.165) is 41.9 Å². The van der Waals surface area contributed by atoms with Gasteiger partial charge in [0.1, 0.15) is 5.75 Å². The summed E-state index contributed by atoms with van der Waals surface area (Å²) < 4.78 is 6.04. The van der Waals surface area contributed by atoms with E-state index in [4.69, 9.17) is 16.2 Å². The molecule has 4 saturated carbocycles. The number of nitrogens with two attached hydrogens (primary N) is 2. The number of hydrogen-bond donors (Lipinski definition) is 2. The van der Waals surface area contributed by atoms with Gasteiger partial charge in [-0.15, -0.1) is 0 Å². The fraction of sp³-hybridized carbons (Fsp3) is 0.647. The Morgan fingerprint density at radius 2 is 1.60 bits per heavy atom. The summed E-state index contributed by atoms with van der Waals surface area (Å²) in [7, 11) is 0. The number of benzene rings is 1. The summed E-state index contributed by atoms with van der Waals surface area (Å²) in [5.41, 5.74) is 13.0. The Morgan fingerprint density at radius 3 is 2.25 bits per heavy atom. The summed E-state index contributed by atoms with van der Waals surface area (Å²) in [5, 5.41) is 0. The molecule has 20 heavy (non-hydrogen) atoms. The molecule has 0 spiro atoms. The molecule has 4 N–H and O–H groups in total. The molecule has 4 bridgehead atoms. The second-order valence-electron chi connectivity index (χ2n) is 7.16. The molecule has 4 aliphatic carbocycles. The predicted octanol–water partition coefficient (Wildman–Crippen LogP) is 3.30. The highest BCUT2D eigenvalue weighted by molar-refractivity contribution is 5.70. The summed E-state index contributed by atoms with van der Waals surface area (Å²) in [6.07, 6.45) is 7.25. The Kier molecular flexibility index (Phi) is 2.83. The quantitative estimate of drug-likeness (QED) is 0.830. The average Bonchev–Trinajstić information content (AvgIpc) is 2.41. The van der Waals surface area contributed by atoms with Crippen LogP contribution in [0, 0.1) is 29.6 Å². The predicted molar refractivity (Wildman–Crippen MR) is 81.3 cm³/mol. The molecule has 1 aromatic rings. The van der Waals surface area contributed by atoms with Crippen molar-refractivity contribution < 1.29 is 4.74 Å². The SMILES string of the molecule is Nc1cccc(OCC2C3CC4CC(C3)CC2C4)c1N. The van der Waals surface area contributed by atoms with Gasteiger partial charge in [-0.05, 0) is 73.8 Å². The first kappa shape index (κ1) is 12.4. The van der Waals surface area contributed by atoms with Gasteiger partial charge in [-0.1, -0.05) is 6.07 Å². The van der Waals surface area contributed by atoms with Gasteiger partial charge in [0, 0.05) is 0 Å². The molecule has 0 heterocycles. The van der Waals surface area contributed by atoms with E-state index in [1.165, 1.54) is 32.1 Å². The summed E-state index contributed by atoms with van der Waals surface area (Å²) in [6, 6.07) is 5.67. The van der Waals surface area contributed by atoms with Crippen molar-refractivity contribution in [3.63, 3.8) is 0 Å². The number of para-hydroxylation sites is 1. The minimum absolute atomic E-state index is 0.594. The van der Waals surface area contributed by atoms with Crippen LogP contribution in [0.2, 0.25) is 0 Å². The van der Waals surface area contributed by atoms with Crippen LogP contribution in [0.25, 0.3) is 0 Å². The van der Waals surface area contributed by atoms with Gasteiger partial charge < -0.3 is 16.2 Å². The van der Waals surface area contributed by atoms with Crippen molar-refractivity contribution in [1.82, 2.24) is 0 Å². The Hall–Kier alpha value is -1.38. The number of hydrogen-bond acceptors (Lipinski definition) is 3. The van der Waals surface area contributed by atoms with Crippen molar-refractivity contribution in [2.24, 2.45) is 29.6 Å². The van der Waals surface area contributed by atoms with Gasteiger partial charge in [-0.25, -0.2) is 0 Å². The van der Waals surface area contributed by atoms with Crippen LogP contribution in [0.3, 0.4) is 0 Å². The molecule has 0 aliphatic heterocycles. The van der Waals surface area contributed by atoms with E-state index in [-0.39, 0.29) is 0 Å². The highest BCUT2D eigenvalue weighted by Gasteiger charge is 2.48. The number of nitrogen functional groups attached to an aromatic ring is 2. The van der Waals surface area contributed by atoms with Crippen molar-refractivity contribution in [2.75, 3.05) is 18.1 Å². The second kappa shape index (κ2) is 4.57. The summed E-state index contributed by atoms with van der Waals surface area (Å²) in [4.78, 5) is 0. The zero-order chi connectivity index (χ0) is 13.7. The molecule has 3 nitrogen and oxygen atoms in total. The number of anilines is 2. The van der Waals surface area contributed by atoms with Gasteiger partial charge in [0.05, 0.1) is 18.0 Å². The summed E-state index contributed by atoms with van der Waals surface area (Å²) >= 11 is 0. The first-order valence-electron chi connectivity index (χ1n) is 7.97. The Morgan fingerprint density at radius 1 is 0.950 bits per heavy atom. The molecular weight excluding hydrogens is 248 g/mol.